The van der Waals surface area contributed by atoms with E-state index in [1.807, 2.05) is 12.1 Å². The molecule has 126 valence electrons. The smallest absolute Gasteiger partial charge is 0.264 e. The summed E-state index contributed by atoms with van der Waals surface area (Å²) >= 11 is 4.30. The van der Waals surface area contributed by atoms with Crippen LogP contribution >= 0.6 is 45.2 Å². The van der Waals surface area contributed by atoms with Gasteiger partial charge in [-0.05, 0) is 94.1 Å². The van der Waals surface area contributed by atoms with Crippen molar-refractivity contribution in [1.29, 1.82) is 0 Å². The topological polar surface area (TPSA) is 109 Å². The van der Waals surface area contributed by atoms with Gasteiger partial charge in [0.15, 0.2) is 0 Å². The van der Waals surface area contributed by atoms with Crippen molar-refractivity contribution in [3.8, 4) is 0 Å². The molecule has 0 saturated heterocycles. The van der Waals surface area contributed by atoms with Crippen molar-refractivity contribution in [3.05, 3.63) is 30.4 Å². The third-order valence-corrected chi connectivity index (χ3v) is 6.53. The quantitative estimate of drug-likeness (QED) is 0.365. The van der Waals surface area contributed by atoms with Gasteiger partial charge in [0.05, 0.1) is 11.5 Å². The van der Waals surface area contributed by atoms with E-state index in [0.29, 0.717) is 25.7 Å². The zero-order chi connectivity index (χ0) is 17.0. The van der Waals surface area contributed by atoms with Gasteiger partial charge < -0.3 is 0 Å². The van der Waals surface area contributed by atoms with Crippen LogP contribution in [0.4, 0.5) is 0 Å². The van der Waals surface area contributed by atoms with E-state index >= 15 is 0 Å². The van der Waals surface area contributed by atoms with Gasteiger partial charge in [-0.3, -0.25) is 9.11 Å². The van der Waals surface area contributed by atoms with Crippen LogP contribution in [0.5, 0.6) is 0 Å². The van der Waals surface area contributed by atoms with Crippen LogP contribution in [-0.4, -0.2) is 37.4 Å². The summed E-state index contributed by atoms with van der Waals surface area (Å²) in [5, 5.41) is 0. The highest BCUT2D eigenvalue weighted by Crippen LogP contribution is 2.23. The Morgan fingerprint density at radius 1 is 0.773 bits per heavy atom. The predicted molar refractivity (Wildman–Crippen MR) is 101 cm³/mol. The molecule has 1 rings (SSSR count). The van der Waals surface area contributed by atoms with E-state index in [0.717, 1.165) is 18.3 Å². The van der Waals surface area contributed by atoms with Crippen LogP contribution in [0.25, 0.3) is 0 Å². The lowest BCUT2D eigenvalue weighted by atomic mass is 10.1. The molecule has 0 fully saturated rings. The summed E-state index contributed by atoms with van der Waals surface area (Å²) in [4.78, 5) is 0. The first-order chi connectivity index (χ1) is 9.98. The second-order valence-corrected chi connectivity index (χ2v) is 10.3. The van der Waals surface area contributed by atoms with E-state index in [9.17, 15) is 16.8 Å². The first-order valence-electron chi connectivity index (χ1n) is 6.35. The molecule has 0 aliphatic heterocycles. The fourth-order valence-electron chi connectivity index (χ4n) is 1.90. The summed E-state index contributed by atoms with van der Waals surface area (Å²) in [5.74, 6) is -0.536. The van der Waals surface area contributed by atoms with Gasteiger partial charge in [-0.1, -0.05) is 0 Å². The molecule has 0 aromatic heterocycles. The molecule has 1 aromatic rings. The molecule has 0 spiro atoms. The molecule has 2 N–H and O–H groups in total. The molecule has 10 heteroatoms. The van der Waals surface area contributed by atoms with E-state index in [1.165, 1.54) is 0 Å². The Labute approximate surface area is 157 Å². The highest BCUT2D eigenvalue weighted by Gasteiger charge is 2.11. The Hall–Kier alpha value is 0.500. The Balaban J connectivity index is 2.71. The third-order valence-electron chi connectivity index (χ3n) is 2.91. The molecule has 0 aliphatic rings. The highest BCUT2D eigenvalue weighted by molar-refractivity contribution is 14.1. The highest BCUT2D eigenvalue weighted by atomic mass is 127. The van der Waals surface area contributed by atoms with Crippen molar-refractivity contribution in [2.24, 2.45) is 0 Å². The first-order valence-corrected chi connectivity index (χ1v) is 11.7. The van der Waals surface area contributed by atoms with Gasteiger partial charge in [0.2, 0.25) is 0 Å². The SMILES string of the molecule is O=S(=O)(O)CCCc1cc(I)c(CCCS(=O)(=O)O)cc1I. The predicted octanol–water partition coefficient (Wildman–Crippen LogP) is 2.54. The van der Waals surface area contributed by atoms with Crippen LogP contribution in [-0.2, 0) is 33.1 Å². The lowest BCUT2D eigenvalue weighted by Gasteiger charge is -2.10. The number of rotatable bonds is 8. The molecule has 0 atom stereocenters. The second-order valence-electron chi connectivity index (χ2n) is 4.81. The molecule has 0 aliphatic carbocycles. The number of aryl methyl sites for hydroxylation is 2. The van der Waals surface area contributed by atoms with Crippen molar-refractivity contribution >= 4 is 65.4 Å². The van der Waals surface area contributed by atoms with E-state index < -0.39 is 20.2 Å². The normalized spacial score (nSPS) is 12.5. The minimum Gasteiger partial charge on any atom is -0.286 e. The van der Waals surface area contributed by atoms with Gasteiger partial charge in [0.1, 0.15) is 0 Å². The van der Waals surface area contributed by atoms with Gasteiger partial charge >= 0.3 is 0 Å². The second kappa shape index (κ2) is 8.55. The maximum atomic E-state index is 10.7. The van der Waals surface area contributed by atoms with Crippen LogP contribution in [0.15, 0.2) is 12.1 Å². The zero-order valence-electron chi connectivity index (χ0n) is 11.5. The molecule has 0 unspecified atom stereocenters. The van der Waals surface area contributed by atoms with E-state index in [-0.39, 0.29) is 11.5 Å². The Morgan fingerprint density at radius 2 is 1.09 bits per heavy atom. The maximum Gasteiger partial charge on any atom is 0.264 e. The monoisotopic (exact) mass is 574 g/mol. The number of hydrogen-bond acceptors (Lipinski definition) is 4. The van der Waals surface area contributed by atoms with Gasteiger partial charge in [0, 0.05) is 7.14 Å². The average molecular weight is 574 g/mol. The molecule has 0 saturated carbocycles. The van der Waals surface area contributed by atoms with Crippen molar-refractivity contribution in [3.63, 3.8) is 0 Å². The molecular weight excluding hydrogens is 558 g/mol. The molecule has 0 bridgehead atoms. The van der Waals surface area contributed by atoms with Gasteiger partial charge in [0.25, 0.3) is 20.2 Å². The fourth-order valence-corrected chi connectivity index (χ4v) is 4.52. The van der Waals surface area contributed by atoms with Gasteiger partial charge in [-0.15, -0.1) is 0 Å². The fraction of sp³-hybridized carbons (Fsp3) is 0.500. The molecular formula is C12H16I2O6S2. The molecule has 0 heterocycles. The summed E-state index contributed by atoms with van der Waals surface area (Å²) < 4.78 is 62.2. The van der Waals surface area contributed by atoms with Crippen LogP contribution < -0.4 is 0 Å². The van der Waals surface area contributed by atoms with Crippen LogP contribution in [0, 0.1) is 7.14 Å². The lowest BCUT2D eigenvalue weighted by molar-refractivity contribution is 0.478. The Kier molecular flexibility index (Phi) is 7.99. The summed E-state index contributed by atoms with van der Waals surface area (Å²) in [6.45, 7) is 0. The number of halogens is 2. The maximum absolute atomic E-state index is 10.7. The molecule has 0 radical (unpaired) electrons. The van der Waals surface area contributed by atoms with E-state index in [4.69, 9.17) is 9.11 Å². The van der Waals surface area contributed by atoms with Crippen molar-refractivity contribution in [1.82, 2.24) is 0 Å². The Bertz CT molecular complexity index is 664. The number of hydrogen-bond donors (Lipinski definition) is 2. The average Bonchev–Trinajstić information content (AvgIpc) is 2.31. The molecule has 1 aromatic carbocycles. The largest absolute Gasteiger partial charge is 0.286 e. The van der Waals surface area contributed by atoms with Crippen molar-refractivity contribution < 1.29 is 25.9 Å². The van der Waals surface area contributed by atoms with E-state index in [2.05, 4.69) is 45.2 Å². The summed E-state index contributed by atoms with van der Waals surface area (Å²) in [7, 11) is -7.87. The molecule has 0 amide bonds. The van der Waals surface area contributed by atoms with Gasteiger partial charge in [-0.2, -0.15) is 16.8 Å². The summed E-state index contributed by atoms with van der Waals surface area (Å²) in [6.07, 6.45) is 1.76. The summed E-state index contributed by atoms with van der Waals surface area (Å²) in [5.41, 5.74) is 1.99. The van der Waals surface area contributed by atoms with Crippen molar-refractivity contribution in [2.45, 2.75) is 25.7 Å². The lowest BCUT2D eigenvalue weighted by Crippen LogP contribution is -2.07. The third kappa shape index (κ3) is 8.38. The van der Waals surface area contributed by atoms with Crippen LogP contribution in [0.1, 0.15) is 24.0 Å². The molecule has 22 heavy (non-hydrogen) atoms. The first kappa shape index (κ1) is 20.5. The summed E-state index contributed by atoms with van der Waals surface area (Å²) in [6, 6.07) is 3.88. The minimum absolute atomic E-state index is 0.268. The van der Waals surface area contributed by atoms with Gasteiger partial charge in [-0.25, -0.2) is 0 Å². The van der Waals surface area contributed by atoms with Crippen molar-refractivity contribution in [2.75, 3.05) is 11.5 Å². The van der Waals surface area contributed by atoms with Crippen LogP contribution in [0.2, 0.25) is 0 Å². The molecule has 6 nitrogen and oxygen atoms in total. The zero-order valence-corrected chi connectivity index (χ0v) is 17.4. The number of benzene rings is 1. The van der Waals surface area contributed by atoms with E-state index in [1.54, 1.807) is 0 Å². The Morgan fingerprint density at radius 3 is 1.36 bits per heavy atom. The van der Waals surface area contributed by atoms with Crippen LogP contribution in [0.3, 0.4) is 0 Å². The standard InChI is InChI=1S/C12H16I2O6S2/c13-11-8-10(4-2-6-22(18,19)20)12(14)7-9(11)3-1-5-21(15,16)17/h7-8H,1-6H2,(H,15,16,17)(H,18,19,20). The minimum atomic E-state index is -3.94.